The molecule has 0 saturated heterocycles. The standard InChI is InChI=1S/C17H29N3/c1-12(2)17-19-15-11-18-10-9-16(15)20(17)13(3)14-7-5-4-6-8-14/h12-14,18H,4-11H2,1-3H3. The van der Waals surface area contributed by atoms with E-state index in [1.165, 1.54) is 49.3 Å². The zero-order chi connectivity index (χ0) is 14.1. The molecule has 2 heterocycles. The summed E-state index contributed by atoms with van der Waals surface area (Å²) in [5, 5.41) is 3.46. The summed E-state index contributed by atoms with van der Waals surface area (Å²) in [6, 6.07) is 0.627. The molecule has 1 aliphatic heterocycles. The molecule has 1 atom stereocenters. The minimum atomic E-state index is 0.520. The van der Waals surface area contributed by atoms with Crippen LogP contribution >= 0.6 is 0 Å². The summed E-state index contributed by atoms with van der Waals surface area (Å²) in [7, 11) is 0. The van der Waals surface area contributed by atoms with Gasteiger partial charge in [-0.1, -0.05) is 33.1 Å². The van der Waals surface area contributed by atoms with Crippen molar-refractivity contribution < 1.29 is 0 Å². The normalized spacial score (nSPS) is 22.0. The molecule has 0 radical (unpaired) electrons. The third kappa shape index (κ3) is 2.52. The fraction of sp³-hybridized carbons (Fsp3) is 0.824. The molecule has 112 valence electrons. The van der Waals surface area contributed by atoms with E-state index in [0.717, 1.165) is 25.4 Å². The highest BCUT2D eigenvalue weighted by Crippen LogP contribution is 2.36. The van der Waals surface area contributed by atoms with Crippen molar-refractivity contribution in [3.8, 4) is 0 Å². The van der Waals surface area contributed by atoms with Gasteiger partial charge in [0.1, 0.15) is 5.82 Å². The van der Waals surface area contributed by atoms with Crippen molar-refractivity contribution in [2.45, 2.75) is 77.8 Å². The summed E-state index contributed by atoms with van der Waals surface area (Å²) in [4.78, 5) is 4.97. The Morgan fingerprint density at radius 2 is 1.90 bits per heavy atom. The monoisotopic (exact) mass is 275 g/mol. The van der Waals surface area contributed by atoms with Crippen LogP contribution in [0.25, 0.3) is 0 Å². The molecule has 1 N–H and O–H groups in total. The fourth-order valence-corrected chi connectivity index (χ4v) is 4.04. The predicted molar refractivity (Wildman–Crippen MR) is 83.0 cm³/mol. The van der Waals surface area contributed by atoms with E-state index in [0.29, 0.717) is 12.0 Å². The number of fused-ring (bicyclic) bond motifs is 1. The van der Waals surface area contributed by atoms with Crippen molar-refractivity contribution in [3.63, 3.8) is 0 Å². The first kappa shape index (κ1) is 14.1. The molecule has 0 aromatic carbocycles. The summed E-state index contributed by atoms with van der Waals surface area (Å²) in [6.45, 7) is 9.07. The Kier molecular flexibility index (Phi) is 4.16. The molecule has 3 heteroatoms. The molecule has 3 nitrogen and oxygen atoms in total. The molecule has 0 amide bonds. The Bertz CT molecular complexity index is 455. The van der Waals surface area contributed by atoms with Crippen LogP contribution in [0.4, 0.5) is 0 Å². The lowest BCUT2D eigenvalue weighted by Crippen LogP contribution is -2.28. The van der Waals surface area contributed by atoms with Crippen LogP contribution < -0.4 is 5.32 Å². The maximum Gasteiger partial charge on any atom is 0.112 e. The number of nitrogens with zero attached hydrogens (tertiary/aromatic N) is 2. The quantitative estimate of drug-likeness (QED) is 0.909. The van der Waals surface area contributed by atoms with Gasteiger partial charge < -0.3 is 9.88 Å². The van der Waals surface area contributed by atoms with Gasteiger partial charge in [-0.2, -0.15) is 0 Å². The van der Waals surface area contributed by atoms with Crippen molar-refractivity contribution in [1.82, 2.24) is 14.9 Å². The average Bonchev–Trinajstić information content (AvgIpc) is 2.87. The van der Waals surface area contributed by atoms with Gasteiger partial charge in [0, 0.05) is 37.2 Å². The minimum absolute atomic E-state index is 0.520. The number of rotatable bonds is 3. The highest BCUT2D eigenvalue weighted by molar-refractivity contribution is 5.23. The Balaban J connectivity index is 1.95. The average molecular weight is 275 g/mol. The zero-order valence-corrected chi connectivity index (χ0v) is 13.3. The molecule has 1 aromatic heterocycles. The Morgan fingerprint density at radius 1 is 1.15 bits per heavy atom. The number of hydrogen-bond donors (Lipinski definition) is 1. The SMILES string of the molecule is CC(C)c1nc2c(n1C(C)C1CCCCC1)CCNC2. The van der Waals surface area contributed by atoms with E-state index in [1.54, 1.807) is 0 Å². The van der Waals surface area contributed by atoms with E-state index >= 15 is 0 Å². The summed E-state index contributed by atoms with van der Waals surface area (Å²) >= 11 is 0. The van der Waals surface area contributed by atoms with Crippen LogP contribution in [-0.2, 0) is 13.0 Å². The molecule has 1 saturated carbocycles. The smallest absolute Gasteiger partial charge is 0.112 e. The van der Waals surface area contributed by atoms with Gasteiger partial charge in [-0.25, -0.2) is 4.98 Å². The molecular weight excluding hydrogens is 246 g/mol. The highest BCUT2D eigenvalue weighted by Gasteiger charge is 2.28. The Labute approximate surface area is 123 Å². The molecule has 20 heavy (non-hydrogen) atoms. The summed E-state index contributed by atoms with van der Waals surface area (Å²) < 4.78 is 2.62. The Morgan fingerprint density at radius 3 is 2.60 bits per heavy atom. The molecule has 0 bridgehead atoms. The molecule has 1 aliphatic carbocycles. The van der Waals surface area contributed by atoms with Crippen LogP contribution in [0.2, 0.25) is 0 Å². The second-order valence-corrected chi connectivity index (χ2v) is 6.95. The molecule has 2 aliphatic rings. The number of imidazole rings is 1. The van der Waals surface area contributed by atoms with Crippen molar-refractivity contribution >= 4 is 0 Å². The third-order valence-corrected chi connectivity index (χ3v) is 5.21. The molecule has 1 aromatic rings. The number of hydrogen-bond acceptors (Lipinski definition) is 2. The lowest BCUT2D eigenvalue weighted by atomic mass is 9.84. The second-order valence-electron chi connectivity index (χ2n) is 6.95. The van der Waals surface area contributed by atoms with Crippen molar-refractivity contribution in [1.29, 1.82) is 0 Å². The molecule has 0 spiro atoms. The van der Waals surface area contributed by atoms with Gasteiger partial charge in [-0.05, 0) is 25.7 Å². The predicted octanol–water partition coefficient (Wildman–Crippen LogP) is 3.79. The fourth-order valence-electron chi connectivity index (χ4n) is 4.04. The third-order valence-electron chi connectivity index (χ3n) is 5.21. The lowest BCUT2D eigenvalue weighted by Gasteiger charge is -2.32. The second kappa shape index (κ2) is 5.88. The minimum Gasteiger partial charge on any atom is -0.328 e. The van der Waals surface area contributed by atoms with E-state index in [-0.39, 0.29) is 0 Å². The van der Waals surface area contributed by atoms with Crippen LogP contribution in [0.1, 0.15) is 82.0 Å². The number of nitrogens with one attached hydrogen (secondary N) is 1. The topological polar surface area (TPSA) is 29.9 Å². The van der Waals surface area contributed by atoms with Crippen LogP contribution in [0.3, 0.4) is 0 Å². The van der Waals surface area contributed by atoms with Crippen LogP contribution in [-0.4, -0.2) is 16.1 Å². The maximum absolute atomic E-state index is 4.97. The molecular formula is C17H29N3. The first-order valence-electron chi connectivity index (χ1n) is 8.49. The van der Waals surface area contributed by atoms with Crippen molar-refractivity contribution in [2.24, 2.45) is 5.92 Å². The van der Waals surface area contributed by atoms with Gasteiger partial charge in [0.15, 0.2) is 0 Å². The largest absolute Gasteiger partial charge is 0.328 e. The highest BCUT2D eigenvalue weighted by atomic mass is 15.1. The van der Waals surface area contributed by atoms with Gasteiger partial charge in [0.05, 0.1) is 5.69 Å². The molecule has 1 fully saturated rings. The van der Waals surface area contributed by atoms with E-state index in [2.05, 4.69) is 30.7 Å². The van der Waals surface area contributed by atoms with Crippen molar-refractivity contribution in [2.75, 3.05) is 6.54 Å². The zero-order valence-electron chi connectivity index (χ0n) is 13.3. The van der Waals surface area contributed by atoms with E-state index < -0.39 is 0 Å². The maximum atomic E-state index is 4.97. The first-order valence-corrected chi connectivity index (χ1v) is 8.49. The summed E-state index contributed by atoms with van der Waals surface area (Å²) in [6.07, 6.45) is 8.24. The summed E-state index contributed by atoms with van der Waals surface area (Å²) in [5.41, 5.74) is 2.83. The lowest BCUT2D eigenvalue weighted by molar-refractivity contribution is 0.254. The summed E-state index contributed by atoms with van der Waals surface area (Å²) in [5.74, 6) is 2.69. The van der Waals surface area contributed by atoms with E-state index in [4.69, 9.17) is 4.98 Å². The van der Waals surface area contributed by atoms with Crippen LogP contribution in [0.5, 0.6) is 0 Å². The van der Waals surface area contributed by atoms with Gasteiger partial charge in [0.2, 0.25) is 0 Å². The van der Waals surface area contributed by atoms with Gasteiger partial charge in [-0.3, -0.25) is 0 Å². The molecule has 1 unspecified atom stereocenters. The van der Waals surface area contributed by atoms with Gasteiger partial charge in [0.25, 0.3) is 0 Å². The first-order chi connectivity index (χ1) is 9.68. The van der Waals surface area contributed by atoms with Gasteiger partial charge in [-0.15, -0.1) is 0 Å². The van der Waals surface area contributed by atoms with Gasteiger partial charge >= 0.3 is 0 Å². The number of aromatic nitrogens is 2. The Hall–Kier alpha value is -0.830. The van der Waals surface area contributed by atoms with E-state index in [9.17, 15) is 0 Å². The van der Waals surface area contributed by atoms with E-state index in [1.807, 2.05) is 0 Å². The van der Waals surface area contributed by atoms with Crippen LogP contribution in [0.15, 0.2) is 0 Å². The van der Waals surface area contributed by atoms with Crippen LogP contribution in [0, 0.1) is 5.92 Å². The molecule has 3 rings (SSSR count). The van der Waals surface area contributed by atoms with Crippen molar-refractivity contribution in [3.05, 3.63) is 17.2 Å².